The molecule has 0 bridgehead atoms. The number of hydrogen-bond donors (Lipinski definition) is 1. The molecule has 1 aliphatic heterocycles. The number of carbonyl (C=O) groups excluding carboxylic acids is 1. The molecule has 0 unspecified atom stereocenters. The van der Waals surface area contributed by atoms with E-state index in [9.17, 15) is 4.79 Å². The lowest BCUT2D eigenvalue weighted by atomic mass is 10.00. The summed E-state index contributed by atoms with van der Waals surface area (Å²) in [6.45, 7) is 1.30. The minimum Gasteiger partial charge on any atom is -0.333 e. The zero-order valence-electron chi connectivity index (χ0n) is 14.0. The largest absolute Gasteiger partial charge is 0.333 e. The van der Waals surface area contributed by atoms with Crippen molar-refractivity contribution in [2.24, 2.45) is 0 Å². The van der Waals surface area contributed by atoms with Gasteiger partial charge in [-0.15, -0.1) is 0 Å². The standard InChI is InChI=1S/C20H17ClN4O/c21-16-5-7-17(8-6-16)23-20-22-11-9-18(24-20)19(26)25-12-10-14-3-1-2-4-15(14)13-25/h1-9,11H,10,12-13H2,(H,22,23,24). The van der Waals surface area contributed by atoms with E-state index in [1.165, 1.54) is 11.1 Å². The van der Waals surface area contributed by atoms with Gasteiger partial charge in [0.05, 0.1) is 0 Å². The second-order valence-corrected chi connectivity index (χ2v) is 6.58. The van der Waals surface area contributed by atoms with Gasteiger partial charge in [0.1, 0.15) is 5.69 Å². The molecule has 1 amide bonds. The van der Waals surface area contributed by atoms with Gasteiger partial charge in [0.2, 0.25) is 5.95 Å². The zero-order chi connectivity index (χ0) is 17.9. The van der Waals surface area contributed by atoms with Crippen molar-refractivity contribution in [1.29, 1.82) is 0 Å². The van der Waals surface area contributed by atoms with Crippen LogP contribution in [0.1, 0.15) is 21.6 Å². The molecule has 0 saturated heterocycles. The molecule has 0 saturated carbocycles. The van der Waals surface area contributed by atoms with Crippen molar-refractivity contribution in [3.8, 4) is 0 Å². The number of carbonyl (C=O) groups is 1. The number of halogens is 1. The molecule has 2 heterocycles. The first-order chi connectivity index (χ1) is 12.7. The van der Waals surface area contributed by atoms with Gasteiger partial charge in [0.15, 0.2) is 0 Å². The summed E-state index contributed by atoms with van der Waals surface area (Å²) in [4.78, 5) is 23.2. The molecule has 0 fully saturated rings. The lowest BCUT2D eigenvalue weighted by Crippen LogP contribution is -2.36. The highest BCUT2D eigenvalue weighted by Crippen LogP contribution is 2.21. The molecule has 1 aliphatic rings. The van der Waals surface area contributed by atoms with Gasteiger partial charge in [-0.3, -0.25) is 4.79 Å². The fourth-order valence-corrected chi connectivity index (χ4v) is 3.16. The van der Waals surface area contributed by atoms with Crippen LogP contribution >= 0.6 is 11.6 Å². The second-order valence-electron chi connectivity index (χ2n) is 6.14. The van der Waals surface area contributed by atoms with Gasteiger partial charge >= 0.3 is 0 Å². The SMILES string of the molecule is O=C(c1ccnc(Nc2ccc(Cl)cc2)n1)N1CCc2ccccc2C1. The third-order valence-corrected chi connectivity index (χ3v) is 4.64. The molecular weight excluding hydrogens is 348 g/mol. The van der Waals surface area contributed by atoms with E-state index < -0.39 is 0 Å². The van der Waals surface area contributed by atoms with Crippen LogP contribution in [0.4, 0.5) is 11.6 Å². The molecule has 0 aliphatic carbocycles. The van der Waals surface area contributed by atoms with Gasteiger partial charge in [-0.25, -0.2) is 9.97 Å². The van der Waals surface area contributed by atoms with E-state index >= 15 is 0 Å². The zero-order valence-corrected chi connectivity index (χ0v) is 14.8. The quantitative estimate of drug-likeness (QED) is 0.761. The predicted molar refractivity (Wildman–Crippen MR) is 102 cm³/mol. The number of rotatable bonds is 3. The monoisotopic (exact) mass is 364 g/mol. The normalized spacial score (nSPS) is 13.2. The highest BCUT2D eigenvalue weighted by molar-refractivity contribution is 6.30. The molecular formula is C20H17ClN4O. The van der Waals surface area contributed by atoms with Crippen molar-refractivity contribution in [3.05, 3.63) is 82.6 Å². The van der Waals surface area contributed by atoms with Crippen molar-refractivity contribution in [2.45, 2.75) is 13.0 Å². The summed E-state index contributed by atoms with van der Waals surface area (Å²) in [6, 6.07) is 17.1. The molecule has 0 spiro atoms. The first-order valence-electron chi connectivity index (χ1n) is 8.41. The van der Waals surface area contributed by atoms with Crippen LogP contribution in [0.5, 0.6) is 0 Å². The molecule has 130 valence electrons. The Hall–Kier alpha value is -2.92. The number of anilines is 2. The van der Waals surface area contributed by atoms with Crippen LogP contribution in [-0.2, 0) is 13.0 Å². The summed E-state index contributed by atoms with van der Waals surface area (Å²) in [7, 11) is 0. The minimum atomic E-state index is -0.0824. The van der Waals surface area contributed by atoms with Crippen molar-refractivity contribution in [2.75, 3.05) is 11.9 Å². The third-order valence-electron chi connectivity index (χ3n) is 4.39. The first-order valence-corrected chi connectivity index (χ1v) is 8.78. The predicted octanol–water partition coefficient (Wildman–Crippen LogP) is 4.07. The smallest absolute Gasteiger partial charge is 0.272 e. The summed E-state index contributed by atoms with van der Waals surface area (Å²) in [5.41, 5.74) is 3.70. The molecule has 4 rings (SSSR count). The van der Waals surface area contributed by atoms with Crippen molar-refractivity contribution in [1.82, 2.24) is 14.9 Å². The van der Waals surface area contributed by atoms with Crippen LogP contribution in [0.25, 0.3) is 0 Å². The van der Waals surface area contributed by atoms with Gasteiger partial charge < -0.3 is 10.2 Å². The molecule has 26 heavy (non-hydrogen) atoms. The van der Waals surface area contributed by atoms with Crippen LogP contribution in [0.2, 0.25) is 5.02 Å². The highest BCUT2D eigenvalue weighted by Gasteiger charge is 2.22. The lowest BCUT2D eigenvalue weighted by Gasteiger charge is -2.28. The topological polar surface area (TPSA) is 58.1 Å². The number of amides is 1. The molecule has 0 atom stereocenters. The average molecular weight is 365 g/mol. The van der Waals surface area contributed by atoms with Gasteiger partial charge in [-0.05, 0) is 47.9 Å². The van der Waals surface area contributed by atoms with Gasteiger partial charge in [-0.1, -0.05) is 35.9 Å². The maximum absolute atomic E-state index is 12.8. The molecule has 1 N–H and O–H groups in total. The second kappa shape index (κ2) is 7.14. The van der Waals surface area contributed by atoms with E-state index in [1.807, 2.05) is 29.2 Å². The van der Waals surface area contributed by atoms with Crippen molar-refractivity contribution in [3.63, 3.8) is 0 Å². The van der Waals surface area contributed by atoms with Crippen LogP contribution in [0, 0.1) is 0 Å². The van der Waals surface area contributed by atoms with Gasteiger partial charge in [0, 0.05) is 30.0 Å². The Balaban J connectivity index is 1.51. The molecule has 0 radical (unpaired) electrons. The average Bonchev–Trinajstić information content (AvgIpc) is 2.69. The Morgan fingerprint density at radius 1 is 1.04 bits per heavy atom. The van der Waals surface area contributed by atoms with Crippen LogP contribution < -0.4 is 5.32 Å². The van der Waals surface area contributed by atoms with Crippen LogP contribution in [0.3, 0.4) is 0 Å². The van der Waals surface area contributed by atoms with Gasteiger partial charge in [-0.2, -0.15) is 0 Å². The molecule has 2 aromatic carbocycles. The summed E-state index contributed by atoms with van der Waals surface area (Å²) < 4.78 is 0. The summed E-state index contributed by atoms with van der Waals surface area (Å²) >= 11 is 5.89. The highest BCUT2D eigenvalue weighted by atomic mass is 35.5. The molecule has 1 aromatic heterocycles. The van der Waals surface area contributed by atoms with Crippen molar-refractivity contribution >= 4 is 29.1 Å². The van der Waals surface area contributed by atoms with E-state index in [0.717, 1.165) is 12.1 Å². The maximum atomic E-state index is 12.8. The molecule has 5 nitrogen and oxygen atoms in total. The lowest BCUT2D eigenvalue weighted by molar-refractivity contribution is 0.0728. The summed E-state index contributed by atoms with van der Waals surface area (Å²) in [6.07, 6.45) is 2.46. The van der Waals surface area contributed by atoms with Crippen LogP contribution in [-0.4, -0.2) is 27.3 Å². The summed E-state index contributed by atoms with van der Waals surface area (Å²) in [5, 5.41) is 3.75. The number of fused-ring (bicyclic) bond motifs is 1. The van der Waals surface area contributed by atoms with E-state index in [1.54, 1.807) is 24.4 Å². The number of aromatic nitrogens is 2. The summed E-state index contributed by atoms with van der Waals surface area (Å²) in [5.74, 6) is 0.302. The Kier molecular flexibility index (Phi) is 4.54. The van der Waals surface area contributed by atoms with Crippen molar-refractivity contribution < 1.29 is 4.79 Å². The fraction of sp³-hybridized carbons (Fsp3) is 0.150. The van der Waals surface area contributed by atoms with E-state index in [0.29, 0.717) is 29.8 Å². The number of hydrogen-bond acceptors (Lipinski definition) is 4. The number of benzene rings is 2. The van der Waals surface area contributed by atoms with Crippen LogP contribution in [0.15, 0.2) is 60.8 Å². The number of nitrogens with one attached hydrogen (secondary N) is 1. The fourth-order valence-electron chi connectivity index (χ4n) is 3.03. The van der Waals surface area contributed by atoms with Gasteiger partial charge in [0.25, 0.3) is 5.91 Å². The number of nitrogens with zero attached hydrogens (tertiary/aromatic N) is 3. The Morgan fingerprint density at radius 2 is 1.81 bits per heavy atom. The maximum Gasteiger partial charge on any atom is 0.272 e. The minimum absolute atomic E-state index is 0.0824. The van der Waals surface area contributed by atoms with E-state index in [-0.39, 0.29) is 5.91 Å². The Morgan fingerprint density at radius 3 is 2.62 bits per heavy atom. The van der Waals surface area contributed by atoms with E-state index in [2.05, 4.69) is 27.4 Å². The first kappa shape index (κ1) is 16.5. The third kappa shape index (κ3) is 3.53. The Labute approximate surface area is 156 Å². The molecule has 6 heteroatoms. The van der Waals surface area contributed by atoms with E-state index in [4.69, 9.17) is 11.6 Å². The Bertz CT molecular complexity index is 943. The molecule has 3 aromatic rings.